The van der Waals surface area contributed by atoms with E-state index in [1.54, 1.807) is 33.6 Å². The summed E-state index contributed by atoms with van der Waals surface area (Å²) in [4.78, 5) is 16.9. The highest BCUT2D eigenvalue weighted by Gasteiger charge is 2.15. The summed E-state index contributed by atoms with van der Waals surface area (Å²) in [6, 6.07) is 7.82. The molecule has 1 aliphatic carbocycles. The average molecular weight is 388 g/mol. The molecule has 1 N–H and O–H groups in total. The summed E-state index contributed by atoms with van der Waals surface area (Å²) in [6.07, 6.45) is 6.36. The van der Waals surface area contributed by atoms with Gasteiger partial charge in [0, 0.05) is 23.6 Å². The van der Waals surface area contributed by atoms with Crippen molar-refractivity contribution in [3.05, 3.63) is 46.0 Å². The first-order valence-corrected chi connectivity index (χ1v) is 10.7. The van der Waals surface area contributed by atoms with Crippen molar-refractivity contribution in [2.75, 3.05) is 5.32 Å². The van der Waals surface area contributed by atoms with Crippen molar-refractivity contribution >= 4 is 33.9 Å². The molecule has 0 amide bonds. The van der Waals surface area contributed by atoms with Gasteiger partial charge in [0.05, 0.1) is 5.69 Å². The van der Waals surface area contributed by atoms with Crippen molar-refractivity contribution in [1.29, 1.82) is 0 Å². The van der Waals surface area contributed by atoms with Crippen LogP contribution in [0.2, 0.25) is 0 Å². The highest BCUT2D eigenvalue weighted by atomic mass is 32.2. The third-order valence-corrected chi connectivity index (χ3v) is 6.64. The lowest BCUT2D eigenvalue weighted by molar-refractivity contribution is 0.462. The highest BCUT2D eigenvalue weighted by molar-refractivity contribution is 8.00. The smallest absolute Gasteiger partial charge is 0.258 e. The van der Waals surface area contributed by atoms with E-state index in [0.29, 0.717) is 17.4 Å². The number of hydrogen-bond donors (Lipinski definition) is 1. The van der Waals surface area contributed by atoms with Crippen LogP contribution in [0.5, 0.6) is 0 Å². The lowest BCUT2D eigenvalue weighted by Crippen LogP contribution is -2.21. The molecule has 0 spiro atoms. The molecule has 1 fully saturated rings. The second-order valence-corrected chi connectivity index (χ2v) is 8.79. The molecule has 0 unspecified atom stereocenters. The van der Waals surface area contributed by atoms with E-state index in [1.807, 2.05) is 25.1 Å². The largest absolute Gasteiger partial charge is 0.357 e. The molecule has 4 rings (SSSR count). The standard InChI is InChI=1S/C18H21N5OS2/c1-12-6-5-9-15-19-14(10-16(24)23(12)15)11-25-18-22-21-17(26-18)20-13-7-3-2-4-8-13/h5-6,9-10,13H,2-4,7-8,11H2,1H3,(H,20,21). The Balaban J connectivity index is 1.43. The summed E-state index contributed by atoms with van der Waals surface area (Å²) in [6.45, 7) is 1.91. The highest BCUT2D eigenvalue weighted by Crippen LogP contribution is 2.29. The van der Waals surface area contributed by atoms with E-state index in [1.165, 1.54) is 32.1 Å². The second-order valence-electron chi connectivity index (χ2n) is 6.59. The SMILES string of the molecule is Cc1cccc2nc(CSc3nnc(NC4CCCCC4)s3)cc(=O)n12. The normalized spacial score (nSPS) is 15.4. The Morgan fingerprint density at radius 3 is 2.96 bits per heavy atom. The van der Waals surface area contributed by atoms with Crippen LogP contribution < -0.4 is 10.9 Å². The van der Waals surface area contributed by atoms with Gasteiger partial charge >= 0.3 is 0 Å². The van der Waals surface area contributed by atoms with Crippen molar-refractivity contribution in [2.45, 2.75) is 55.2 Å². The summed E-state index contributed by atoms with van der Waals surface area (Å²) in [5.41, 5.74) is 2.30. The number of thioether (sulfide) groups is 1. The van der Waals surface area contributed by atoms with Gasteiger partial charge < -0.3 is 5.32 Å². The number of fused-ring (bicyclic) bond motifs is 1. The number of aryl methyl sites for hydroxylation is 1. The molecule has 3 aromatic heterocycles. The molecule has 0 radical (unpaired) electrons. The van der Waals surface area contributed by atoms with Crippen LogP contribution in [-0.4, -0.2) is 25.6 Å². The van der Waals surface area contributed by atoms with Gasteiger partial charge in [-0.3, -0.25) is 9.20 Å². The molecule has 0 aromatic carbocycles. The van der Waals surface area contributed by atoms with Gasteiger partial charge in [-0.15, -0.1) is 10.2 Å². The molecule has 8 heteroatoms. The molecule has 6 nitrogen and oxygen atoms in total. The Labute approximate surface area is 160 Å². The lowest BCUT2D eigenvalue weighted by atomic mass is 9.96. The first-order valence-electron chi connectivity index (χ1n) is 8.90. The number of anilines is 1. The quantitative estimate of drug-likeness (QED) is 0.670. The fraction of sp³-hybridized carbons (Fsp3) is 0.444. The van der Waals surface area contributed by atoms with Gasteiger partial charge in [-0.1, -0.05) is 48.4 Å². The van der Waals surface area contributed by atoms with Gasteiger partial charge in [-0.2, -0.15) is 0 Å². The van der Waals surface area contributed by atoms with Crippen LogP contribution >= 0.6 is 23.1 Å². The molecule has 0 aliphatic heterocycles. The molecule has 3 aromatic rings. The maximum absolute atomic E-state index is 12.3. The van der Waals surface area contributed by atoms with Crippen molar-refractivity contribution in [1.82, 2.24) is 19.6 Å². The van der Waals surface area contributed by atoms with Crippen LogP contribution in [0.25, 0.3) is 5.65 Å². The van der Waals surface area contributed by atoms with Crippen LogP contribution in [0.15, 0.2) is 33.4 Å². The van der Waals surface area contributed by atoms with Gasteiger partial charge in [0.1, 0.15) is 5.65 Å². The van der Waals surface area contributed by atoms with Crippen molar-refractivity contribution < 1.29 is 0 Å². The van der Waals surface area contributed by atoms with Crippen molar-refractivity contribution in [3.8, 4) is 0 Å². The number of aromatic nitrogens is 4. The first-order chi connectivity index (χ1) is 12.7. The maximum atomic E-state index is 12.3. The van der Waals surface area contributed by atoms with Crippen LogP contribution in [0.4, 0.5) is 5.13 Å². The van der Waals surface area contributed by atoms with E-state index in [9.17, 15) is 4.79 Å². The molecule has 0 saturated heterocycles. The number of nitrogens with zero attached hydrogens (tertiary/aromatic N) is 4. The summed E-state index contributed by atoms with van der Waals surface area (Å²) >= 11 is 3.15. The first kappa shape index (κ1) is 17.5. The fourth-order valence-electron chi connectivity index (χ4n) is 3.32. The molecule has 1 aliphatic rings. The zero-order valence-electron chi connectivity index (χ0n) is 14.6. The number of pyridine rings is 1. The van der Waals surface area contributed by atoms with Gasteiger partial charge in [-0.05, 0) is 31.9 Å². The number of hydrogen-bond acceptors (Lipinski definition) is 7. The second kappa shape index (κ2) is 7.75. The molecule has 26 heavy (non-hydrogen) atoms. The fourth-order valence-corrected chi connectivity index (χ4v) is 5.04. The molecule has 0 atom stereocenters. The van der Waals surface area contributed by atoms with E-state index in [0.717, 1.165) is 20.9 Å². The van der Waals surface area contributed by atoms with Gasteiger partial charge in [0.2, 0.25) is 5.13 Å². The minimum absolute atomic E-state index is 0.0411. The number of rotatable bonds is 5. The molecule has 3 heterocycles. The van der Waals surface area contributed by atoms with Crippen molar-refractivity contribution in [3.63, 3.8) is 0 Å². The predicted octanol–water partition coefficient (Wildman–Crippen LogP) is 3.89. The Hall–Kier alpha value is -1.93. The van der Waals surface area contributed by atoms with Gasteiger partial charge in [-0.25, -0.2) is 4.98 Å². The zero-order valence-corrected chi connectivity index (χ0v) is 16.3. The Kier molecular flexibility index (Phi) is 5.21. The summed E-state index contributed by atoms with van der Waals surface area (Å²) in [5, 5.41) is 12.9. The monoisotopic (exact) mass is 387 g/mol. The third-order valence-electron chi connectivity index (χ3n) is 4.62. The van der Waals surface area contributed by atoms with Crippen LogP contribution in [0.1, 0.15) is 43.5 Å². The topological polar surface area (TPSA) is 72.2 Å². The van der Waals surface area contributed by atoms with Gasteiger partial charge in [0.25, 0.3) is 5.56 Å². The third kappa shape index (κ3) is 3.91. The summed E-state index contributed by atoms with van der Waals surface area (Å²) < 4.78 is 2.53. The molecular formula is C18H21N5OS2. The lowest BCUT2D eigenvalue weighted by Gasteiger charge is -2.21. The predicted molar refractivity (Wildman–Crippen MR) is 106 cm³/mol. The summed E-state index contributed by atoms with van der Waals surface area (Å²) in [5.74, 6) is 0.609. The van der Waals surface area contributed by atoms with Crippen LogP contribution in [0.3, 0.4) is 0 Å². The zero-order chi connectivity index (χ0) is 17.9. The van der Waals surface area contributed by atoms with E-state index in [2.05, 4.69) is 20.5 Å². The summed E-state index contributed by atoms with van der Waals surface area (Å²) in [7, 11) is 0. The van der Waals surface area contributed by atoms with E-state index in [-0.39, 0.29) is 5.56 Å². The molecule has 1 saturated carbocycles. The average Bonchev–Trinajstić information content (AvgIpc) is 3.08. The Morgan fingerprint density at radius 1 is 1.27 bits per heavy atom. The molecule has 0 bridgehead atoms. The number of nitrogens with one attached hydrogen (secondary N) is 1. The minimum atomic E-state index is -0.0411. The Morgan fingerprint density at radius 2 is 2.12 bits per heavy atom. The van der Waals surface area contributed by atoms with Gasteiger partial charge in [0.15, 0.2) is 4.34 Å². The maximum Gasteiger partial charge on any atom is 0.258 e. The van der Waals surface area contributed by atoms with Crippen LogP contribution in [-0.2, 0) is 5.75 Å². The van der Waals surface area contributed by atoms with Crippen LogP contribution in [0, 0.1) is 6.92 Å². The van der Waals surface area contributed by atoms with E-state index >= 15 is 0 Å². The van der Waals surface area contributed by atoms with Crippen molar-refractivity contribution in [2.24, 2.45) is 0 Å². The minimum Gasteiger partial charge on any atom is -0.357 e. The Bertz CT molecular complexity index is 962. The molecule has 136 valence electrons. The van der Waals surface area contributed by atoms with E-state index < -0.39 is 0 Å². The molecular weight excluding hydrogens is 366 g/mol. The van der Waals surface area contributed by atoms with E-state index in [4.69, 9.17) is 0 Å².